The van der Waals surface area contributed by atoms with Gasteiger partial charge in [0, 0.05) is 6.42 Å². The molecule has 1 unspecified atom stereocenters. The van der Waals surface area contributed by atoms with Crippen LogP contribution in [0.5, 0.6) is 0 Å². The fourth-order valence-corrected chi connectivity index (χ4v) is 1.08. The fraction of sp³-hybridized carbons (Fsp3) is 0.714. The molecule has 0 heterocycles. The van der Waals surface area contributed by atoms with E-state index in [0.29, 0.717) is 11.7 Å². The van der Waals surface area contributed by atoms with E-state index in [1.54, 1.807) is 0 Å². The minimum atomic E-state index is 0.587. The Labute approximate surface area is 50.0 Å². The number of rotatable bonds is 0. The third-order valence-corrected chi connectivity index (χ3v) is 1.60. The maximum Gasteiger partial charge on any atom is 0.0885 e. The molecule has 1 aliphatic carbocycles. The molecule has 1 N–H and O–H groups in total. The molecule has 1 heteroatoms. The van der Waals surface area contributed by atoms with Crippen LogP contribution in [-0.4, -0.2) is 5.11 Å². The molecule has 0 saturated heterocycles. The van der Waals surface area contributed by atoms with Gasteiger partial charge in [0.1, 0.15) is 0 Å². The van der Waals surface area contributed by atoms with Gasteiger partial charge in [0.15, 0.2) is 0 Å². The molecule has 46 valence electrons. The van der Waals surface area contributed by atoms with Crippen LogP contribution in [0.1, 0.15) is 26.2 Å². The van der Waals surface area contributed by atoms with E-state index in [-0.39, 0.29) is 0 Å². The minimum absolute atomic E-state index is 0.587. The van der Waals surface area contributed by atoms with Crippen molar-refractivity contribution in [1.29, 1.82) is 0 Å². The van der Waals surface area contributed by atoms with Gasteiger partial charge in [-0.1, -0.05) is 6.92 Å². The Hall–Kier alpha value is -0.460. The molecular formula is C7H12O. The number of allylic oxidation sites excluding steroid dienone is 2. The third kappa shape index (κ3) is 1.25. The quantitative estimate of drug-likeness (QED) is 0.509. The van der Waals surface area contributed by atoms with Crippen molar-refractivity contribution in [3.63, 3.8) is 0 Å². The molecule has 0 spiro atoms. The highest BCUT2D eigenvalue weighted by atomic mass is 16.3. The van der Waals surface area contributed by atoms with Gasteiger partial charge in [0.25, 0.3) is 0 Å². The van der Waals surface area contributed by atoms with Crippen LogP contribution in [0.15, 0.2) is 11.8 Å². The molecule has 0 aromatic heterocycles. The zero-order valence-electron chi connectivity index (χ0n) is 5.22. The van der Waals surface area contributed by atoms with Crippen molar-refractivity contribution in [3.8, 4) is 0 Å². The number of aliphatic hydroxyl groups is 1. The van der Waals surface area contributed by atoms with Crippen LogP contribution in [0.3, 0.4) is 0 Å². The highest BCUT2D eigenvalue weighted by molar-refractivity contribution is 4.96. The number of aliphatic hydroxyl groups excluding tert-OH is 1. The first-order valence-corrected chi connectivity index (χ1v) is 3.17. The van der Waals surface area contributed by atoms with E-state index >= 15 is 0 Å². The first-order valence-electron chi connectivity index (χ1n) is 3.17. The Balaban J connectivity index is 2.45. The van der Waals surface area contributed by atoms with Crippen molar-refractivity contribution in [2.75, 3.05) is 0 Å². The van der Waals surface area contributed by atoms with Gasteiger partial charge in [0.2, 0.25) is 0 Å². The average Bonchev–Trinajstić information content (AvgIpc) is 1.64. The molecule has 0 aromatic rings. The number of hydrogen-bond donors (Lipinski definition) is 1. The average molecular weight is 112 g/mol. The zero-order valence-corrected chi connectivity index (χ0v) is 5.22. The summed E-state index contributed by atoms with van der Waals surface area (Å²) in [5.74, 6) is 1.28. The monoisotopic (exact) mass is 112 g/mol. The summed E-state index contributed by atoms with van der Waals surface area (Å²) in [4.78, 5) is 0. The zero-order chi connectivity index (χ0) is 5.98. The first-order chi connectivity index (χ1) is 3.79. The fourth-order valence-electron chi connectivity index (χ4n) is 1.08. The lowest BCUT2D eigenvalue weighted by atomic mass is 9.95. The van der Waals surface area contributed by atoms with Crippen LogP contribution in [0, 0.1) is 5.92 Å². The normalized spacial score (nSPS) is 29.6. The molecule has 0 aliphatic heterocycles. The van der Waals surface area contributed by atoms with Gasteiger partial charge >= 0.3 is 0 Å². The summed E-state index contributed by atoms with van der Waals surface area (Å²) in [6.45, 7) is 2.17. The van der Waals surface area contributed by atoms with E-state index in [1.807, 2.05) is 6.08 Å². The minimum Gasteiger partial charge on any atom is -0.513 e. The summed E-state index contributed by atoms with van der Waals surface area (Å²) >= 11 is 0. The summed E-state index contributed by atoms with van der Waals surface area (Å²) in [6.07, 6.45) is 5.11. The molecule has 0 aromatic carbocycles. The van der Waals surface area contributed by atoms with Gasteiger partial charge in [-0.2, -0.15) is 0 Å². The van der Waals surface area contributed by atoms with Crippen LogP contribution in [0.25, 0.3) is 0 Å². The van der Waals surface area contributed by atoms with Crippen molar-refractivity contribution >= 4 is 0 Å². The summed E-state index contributed by atoms with van der Waals surface area (Å²) in [5, 5.41) is 8.94. The van der Waals surface area contributed by atoms with E-state index in [1.165, 1.54) is 6.42 Å². The van der Waals surface area contributed by atoms with Gasteiger partial charge in [-0.3, -0.25) is 0 Å². The molecule has 0 radical (unpaired) electrons. The van der Waals surface area contributed by atoms with Crippen LogP contribution in [0.2, 0.25) is 0 Å². The Kier molecular flexibility index (Phi) is 1.56. The number of hydrogen-bond acceptors (Lipinski definition) is 1. The highest BCUT2D eigenvalue weighted by Crippen LogP contribution is 2.20. The molecule has 8 heavy (non-hydrogen) atoms. The second kappa shape index (κ2) is 2.21. The van der Waals surface area contributed by atoms with Crippen molar-refractivity contribution in [3.05, 3.63) is 11.8 Å². The first kappa shape index (κ1) is 5.67. The lowest BCUT2D eigenvalue weighted by molar-refractivity contribution is 0.332. The SMILES string of the molecule is CC1CCC=C(O)C1. The Bertz CT molecular complexity index is 105. The van der Waals surface area contributed by atoms with Crippen LogP contribution < -0.4 is 0 Å². The summed E-state index contributed by atoms with van der Waals surface area (Å²) in [6, 6.07) is 0. The molecule has 0 bridgehead atoms. The van der Waals surface area contributed by atoms with E-state index < -0.39 is 0 Å². The Morgan fingerprint density at radius 2 is 2.50 bits per heavy atom. The standard InChI is InChI=1S/C7H12O/c1-6-3-2-4-7(8)5-6/h4,6,8H,2-3,5H2,1H3. The largest absolute Gasteiger partial charge is 0.513 e. The second-order valence-electron chi connectivity index (χ2n) is 2.58. The smallest absolute Gasteiger partial charge is 0.0885 e. The van der Waals surface area contributed by atoms with Gasteiger partial charge < -0.3 is 5.11 Å². The predicted octanol–water partition coefficient (Wildman–Crippen LogP) is 2.25. The molecule has 1 atom stereocenters. The highest BCUT2D eigenvalue weighted by Gasteiger charge is 2.08. The van der Waals surface area contributed by atoms with Crippen LogP contribution in [-0.2, 0) is 0 Å². The van der Waals surface area contributed by atoms with Crippen molar-refractivity contribution in [1.82, 2.24) is 0 Å². The van der Waals surface area contributed by atoms with E-state index in [9.17, 15) is 0 Å². The Morgan fingerprint density at radius 1 is 1.75 bits per heavy atom. The van der Waals surface area contributed by atoms with Crippen LogP contribution in [0.4, 0.5) is 0 Å². The van der Waals surface area contributed by atoms with E-state index in [4.69, 9.17) is 5.11 Å². The lowest BCUT2D eigenvalue weighted by Crippen LogP contribution is -2.01. The van der Waals surface area contributed by atoms with Gasteiger partial charge in [-0.15, -0.1) is 0 Å². The van der Waals surface area contributed by atoms with Crippen molar-refractivity contribution < 1.29 is 5.11 Å². The Morgan fingerprint density at radius 3 is 2.88 bits per heavy atom. The molecule has 0 saturated carbocycles. The summed E-state index contributed by atoms with van der Waals surface area (Å²) in [7, 11) is 0. The van der Waals surface area contributed by atoms with Crippen LogP contribution >= 0.6 is 0 Å². The molecule has 1 nitrogen and oxygen atoms in total. The molecule has 0 amide bonds. The third-order valence-electron chi connectivity index (χ3n) is 1.60. The van der Waals surface area contributed by atoms with Gasteiger partial charge in [-0.25, -0.2) is 0 Å². The topological polar surface area (TPSA) is 20.2 Å². The van der Waals surface area contributed by atoms with Gasteiger partial charge in [0.05, 0.1) is 5.76 Å². The second-order valence-corrected chi connectivity index (χ2v) is 2.58. The maximum atomic E-state index is 8.94. The van der Waals surface area contributed by atoms with Crippen molar-refractivity contribution in [2.24, 2.45) is 5.92 Å². The molecule has 0 fully saturated rings. The van der Waals surface area contributed by atoms with Gasteiger partial charge in [-0.05, 0) is 24.8 Å². The summed E-state index contributed by atoms with van der Waals surface area (Å²) in [5.41, 5.74) is 0. The molecule has 1 rings (SSSR count). The predicted molar refractivity (Wildman–Crippen MR) is 33.7 cm³/mol. The molecular weight excluding hydrogens is 100 g/mol. The summed E-state index contributed by atoms with van der Waals surface area (Å²) < 4.78 is 0. The maximum absolute atomic E-state index is 8.94. The van der Waals surface area contributed by atoms with E-state index in [2.05, 4.69) is 6.92 Å². The van der Waals surface area contributed by atoms with Crippen molar-refractivity contribution in [2.45, 2.75) is 26.2 Å². The van der Waals surface area contributed by atoms with E-state index in [0.717, 1.165) is 12.8 Å². The molecule has 1 aliphatic rings. The lowest BCUT2D eigenvalue weighted by Gasteiger charge is -2.13.